The van der Waals surface area contributed by atoms with Crippen LogP contribution >= 0.6 is 0 Å². The van der Waals surface area contributed by atoms with Crippen molar-refractivity contribution in [2.45, 2.75) is 90.4 Å². The van der Waals surface area contributed by atoms with Gasteiger partial charge in [-0.3, -0.25) is 0 Å². The van der Waals surface area contributed by atoms with Crippen LogP contribution in [0.25, 0.3) is 0 Å². The molecule has 0 bridgehead atoms. The number of hydrogen-bond donors (Lipinski definition) is 4. The minimum Gasteiger partial charge on any atom is -0.508 e. The van der Waals surface area contributed by atoms with Gasteiger partial charge in [0.15, 0.2) is 0 Å². The molecular weight excluding hydrogens is 556 g/mol. The van der Waals surface area contributed by atoms with E-state index in [4.69, 9.17) is 0 Å². The number of phenolic OH excluding ortho intramolecular Hbond substituents is 4. The van der Waals surface area contributed by atoms with E-state index in [0.29, 0.717) is 28.9 Å². The Bertz CT molecular complexity index is 1460. The monoisotopic (exact) mass is 606 g/mol. The van der Waals surface area contributed by atoms with E-state index in [1.165, 1.54) is 41.5 Å². The molecule has 2 fully saturated rings. The highest BCUT2D eigenvalue weighted by atomic mass is 16.3. The van der Waals surface area contributed by atoms with Gasteiger partial charge in [-0.15, -0.1) is 0 Å². The lowest BCUT2D eigenvalue weighted by Crippen LogP contribution is -2.41. The van der Waals surface area contributed by atoms with Gasteiger partial charge in [-0.05, 0) is 126 Å². The fraction of sp³-hybridized carbons (Fsp3) is 0.415. The largest absolute Gasteiger partial charge is 0.508 e. The Hall–Kier alpha value is -3.92. The molecule has 0 radical (unpaired) electrons. The van der Waals surface area contributed by atoms with E-state index in [1.807, 2.05) is 24.3 Å². The fourth-order valence-electron chi connectivity index (χ4n) is 8.82. The third-order valence-corrected chi connectivity index (χ3v) is 10.3. The Balaban J connectivity index is 0.000000178. The molecule has 0 spiro atoms. The maximum atomic E-state index is 9.67. The molecule has 4 N–H and O–H groups in total. The first-order chi connectivity index (χ1) is 21.2. The van der Waals surface area contributed by atoms with E-state index in [0.717, 1.165) is 25.7 Å². The van der Waals surface area contributed by atoms with Gasteiger partial charge in [0.25, 0.3) is 0 Å². The lowest BCUT2D eigenvalue weighted by molar-refractivity contribution is 0.127. The minimum atomic E-state index is -0.0669. The zero-order chi connectivity index (χ0) is 32.5. The van der Waals surface area contributed by atoms with E-state index in [9.17, 15) is 20.4 Å². The van der Waals surface area contributed by atoms with Gasteiger partial charge in [0.2, 0.25) is 0 Å². The Kier molecular flexibility index (Phi) is 8.99. The second-order valence-corrected chi connectivity index (χ2v) is 15.4. The summed E-state index contributed by atoms with van der Waals surface area (Å²) in [6, 6.07) is 30.6. The van der Waals surface area contributed by atoms with Crippen LogP contribution in [0, 0.1) is 16.7 Å². The first-order valence-electron chi connectivity index (χ1n) is 16.4. The molecule has 0 aliphatic heterocycles. The Morgan fingerprint density at radius 1 is 0.444 bits per heavy atom. The summed E-state index contributed by atoms with van der Waals surface area (Å²) >= 11 is 0. The second-order valence-electron chi connectivity index (χ2n) is 15.4. The van der Waals surface area contributed by atoms with Gasteiger partial charge < -0.3 is 20.4 Å². The zero-order valence-electron chi connectivity index (χ0n) is 27.6. The van der Waals surface area contributed by atoms with Crippen LogP contribution in [0.2, 0.25) is 0 Å². The van der Waals surface area contributed by atoms with Crippen molar-refractivity contribution in [1.82, 2.24) is 0 Å². The van der Waals surface area contributed by atoms with Crippen LogP contribution in [0.15, 0.2) is 97.1 Å². The van der Waals surface area contributed by atoms with Crippen LogP contribution in [-0.4, -0.2) is 20.4 Å². The van der Waals surface area contributed by atoms with Gasteiger partial charge in [-0.1, -0.05) is 89.6 Å². The molecule has 0 heterocycles. The molecule has 0 aromatic heterocycles. The maximum Gasteiger partial charge on any atom is 0.115 e. The van der Waals surface area contributed by atoms with Gasteiger partial charge in [0, 0.05) is 10.8 Å². The summed E-state index contributed by atoms with van der Waals surface area (Å²) in [5.74, 6) is 1.84. The lowest BCUT2D eigenvalue weighted by Gasteiger charge is -2.48. The van der Waals surface area contributed by atoms with Crippen LogP contribution in [0.4, 0.5) is 0 Å². The molecule has 0 saturated heterocycles. The number of aromatic hydroxyl groups is 4. The molecule has 0 amide bonds. The average molecular weight is 607 g/mol. The molecule has 4 nitrogen and oxygen atoms in total. The van der Waals surface area contributed by atoms with E-state index in [-0.39, 0.29) is 21.7 Å². The van der Waals surface area contributed by atoms with E-state index in [2.05, 4.69) is 58.9 Å². The third kappa shape index (κ3) is 7.16. The summed E-state index contributed by atoms with van der Waals surface area (Å²) in [6.07, 6.45) is 8.00. The smallest absolute Gasteiger partial charge is 0.115 e. The molecular formula is C41H50O4. The Morgan fingerprint density at radius 3 is 1.11 bits per heavy atom. The number of benzene rings is 4. The predicted molar refractivity (Wildman–Crippen MR) is 183 cm³/mol. The molecule has 238 valence electrons. The molecule has 6 rings (SSSR count). The molecule has 2 aliphatic rings. The molecule has 45 heavy (non-hydrogen) atoms. The van der Waals surface area contributed by atoms with Gasteiger partial charge in [-0.2, -0.15) is 0 Å². The standard InChI is InChI=1S/C21H26O2.C20H24O2/c1-15-12-20(2,3)14-21(13-15,16-4-8-18(22)9-5-16)17-6-10-19(23)11-7-17;1-19(2)12-3-13-20(14-19,15-4-8-17(21)9-5-15)16-6-10-18(22)11-7-16/h4-11,15,22-23H,12-14H2,1-3H3;4-11,21-22H,3,12-14H2,1-2H3. The van der Waals surface area contributed by atoms with Gasteiger partial charge in [0.05, 0.1) is 0 Å². The second kappa shape index (κ2) is 12.5. The minimum absolute atomic E-state index is 0.0385. The van der Waals surface area contributed by atoms with Crippen molar-refractivity contribution in [1.29, 1.82) is 0 Å². The summed E-state index contributed by atoms with van der Waals surface area (Å²) < 4.78 is 0. The normalized spacial score (nSPS) is 21.2. The SMILES string of the molecule is CC1(C)CCCC(c2ccc(O)cc2)(c2ccc(O)cc2)C1.CC1CC(C)(C)CC(c2ccc(O)cc2)(c2ccc(O)cc2)C1. The van der Waals surface area contributed by atoms with Crippen LogP contribution in [0.5, 0.6) is 23.0 Å². The number of hydrogen-bond acceptors (Lipinski definition) is 4. The van der Waals surface area contributed by atoms with E-state index < -0.39 is 0 Å². The molecule has 4 aromatic rings. The fourth-order valence-corrected chi connectivity index (χ4v) is 8.82. The predicted octanol–water partition coefficient (Wildman–Crippen LogP) is 10.2. The topological polar surface area (TPSA) is 80.9 Å². The quantitative estimate of drug-likeness (QED) is 0.186. The van der Waals surface area contributed by atoms with Crippen LogP contribution in [0.1, 0.15) is 102 Å². The summed E-state index contributed by atoms with van der Waals surface area (Å²) in [4.78, 5) is 0. The van der Waals surface area contributed by atoms with E-state index in [1.54, 1.807) is 48.5 Å². The van der Waals surface area contributed by atoms with Crippen molar-refractivity contribution in [2.75, 3.05) is 0 Å². The van der Waals surface area contributed by atoms with Gasteiger partial charge in [0.1, 0.15) is 23.0 Å². The highest BCUT2D eigenvalue weighted by Gasteiger charge is 2.45. The van der Waals surface area contributed by atoms with Crippen molar-refractivity contribution in [3.63, 3.8) is 0 Å². The van der Waals surface area contributed by atoms with Crippen molar-refractivity contribution in [3.05, 3.63) is 119 Å². The van der Waals surface area contributed by atoms with E-state index >= 15 is 0 Å². The highest BCUT2D eigenvalue weighted by Crippen LogP contribution is 2.54. The summed E-state index contributed by atoms with van der Waals surface area (Å²) in [5, 5.41) is 38.6. The summed E-state index contributed by atoms with van der Waals surface area (Å²) in [6.45, 7) is 11.7. The molecule has 1 atom stereocenters. The van der Waals surface area contributed by atoms with Crippen LogP contribution in [-0.2, 0) is 10.8 Å². The van der Waals surface area contributed by atoms with Crippen LogP contribution < -0.4 is 0 Å². The van der Waals surface area contributed by atoms with Gasteiger partial charge in [-0.25, -0.2) is 0 Å². The molecule has 4 aromatic carbocycles. The van der Waals surface area contributed by atoms with Gasteiger partial charge >= 0.3 is 0 Å². The van der Waals surface area contributed by atoms with Crippen molar-refractivity contribution < 1.29 is 20.4 Å². The summed E-state index contributed by atoms with van der Waals surface area (Å²) in [7, 11) is 0. The highest BCUT2D eigenvalue weighted by molar-refractivity contribution is 5.45. The first kappa shape index (κ1) is 32.5. The molecule has 2 aliphatic carbocycles. The number of rotatable bonds is 4. The maximum absolute atomic E-state index is 9.67. The Labute approximate surface area is 269 Å². The third-order valence-electron chi connectivity index (χ3n) is 10.3. The molecule has 4 heteroatoms. The molecule has 1 unspecified atom stereocenters. The van der Waals surface area contributed by atoms with Crippen molar-refractivity contribution in [3.8, 4) is 23.0 Å². The molecule has 2 saturated carbocycles. The lowest BCUT2D eigenvalue weighted by atomic mass is 9.55. The van der Waals surface area contributed by atoms with Crippen molar-refractivity contribution in [2.24, 2.45) is 16.7 Å². The Morgan fingerprint density at radius 2 is 0.778 bits per heavy atom. The number of phenols is 4. The summed E-state index contributed by atoms with van der Waals surface area (Å²) in [5.41, 5.74) is 5.45. The van der Waals surface area contributed by atoms with Crippen molar-refractivity contribution >= 4 is 0 Å². The average Bonchev–Trinajstić information content (AvgIpc) is 2.97. The first-order valence-corrected chi connectivity index (χ1v) is 16.4. The zero-order valence-corrected chi connectivity index (χ0v) is 27.6. The van der Waals surface area contributed by atoms with Crippen LogP contribution in [0.3, 0.4) is 0 Å².